The van der Waals surface area contributed by atoms with Gasteiger partial charge in [-0.3, -0.25) is 9.69 Å². The Morgan fingerprint density at radius 3 is 2.07 bits per heavy atom. The van der Waals surface area contributed by atoms with Gasteiger partial charge in [0.05, 0.1) is 12.2 Å². The van der Waals surface area contributed by atoms with Crippen molar-refractivity contribution in [1.82, 2.24) is 4.90 Å². The average Bonchev–Trinajstić information content (AvgIpc) is 2.82. The lowest BCUT2D eigenvalue weighted by Crippen LogP contribution is -2.42. The van der Waals surface area contributed by atoms with Crippen molar-refractivity contribution in [3.05, 3.63) is 0 Å². The Morgan fingerprint density at radius 1 is 1.21 bits per heavy atom. The SMILES string of the molecule is O=C(O)C(C1CC1)N1CC(O)C(O)C1. The van der Waals surface area contributed by atoms with Gasteiger partial charge in [0.1, 0.15) is 6.04 Å². The van der Waals surface area contributed by atoms with Crippen LogP contribution >= 0.6 is 0 Å². The second kappa shape index (κ2) is 3.49. The number of likely N-dealkylation sites (tertiary alicyclic amines) is 1. The number of aliphatic hydroxyl groups excluding tert-OH is 2. The van der Waals surface area contributed by atoms with Crippen molar-refractivity contribution in [3.8, 4) is 0 Å². The number of carboxylic acid groups (broad SMARTS) is 1. The fraction of sp³-hybridized carbons (Fsp3) is 0.889. The molecule has 3 unspecified atom stereocenters. The summed E-state index contributed by atoms with van der Waals surface area (Å²) in [5, 5.41) is 27.6. The van der Waals surface area contributed by atoms with Gasteiger partial charge in [0.2, 0.25) is 0 Å². The highest BCUT2D eigenvalue weighted by Gasteiger charge is 2.44. The molecule has 1 aliphatic carbocycles. The van der Waals surface area contributed by atoms with Crippen LogP contribution in [-0.2, 0) is 4.79 Å². The predicted molar refractivity (Wildman–Crippen MR) is 47.7 cm³/mol. The van der Waals surface area contributed by atoms with Crippen molar-refractivity contribution < 1.29 is 20.1 Å². The number of aliphatic hydroxyl groups is 2. The van der Waals surface area contributed by atoms with Gasteiger partial charge in [-0.05, 0) is 18.8 Å². The molecule has 1 saturated carbocycles. The Bertz CT molecular complexity index is 231. The maximum Gasteiger partial charge on any atom is 0.321 e. The smallest absolute Gasteiger partial charge is 0.321 e. The van der Waals surface area contributed by atoms with Crippen LogP contribution in [0.2, 0.25) is 0 Å². The molecule has 0 aromatic carbocycles. The van der Waals surface area contributed by atoms with Crippen LogP contribution in [-0.4, -0.2) is 57.5 Å². The Hall–Kier alpha value is -0.650. The van der Waals surface area contributed by atoms with E-state index in [1.165, 1.54) is 0 Å². The molecule has 3 atom stereocenters. The van der Waals surface area contributed by atoms with Gasteiger partial charge in [0.15, 0.2) is 0 Å². The van der Waals surface area contributed by atoms with Gasteiger partial charge in [-0.1, -0.05) is 0 Å². The van der Waals surface area contributed by atoms with E-state index in [1.54, 1.807) is 4.90 Å². The van der Waals surface area contributed by atoms with Crippen molar-refractivity contribution in [1.29, 1.82) is 0 Å². The van der Waals surface area contributed by atoms with E-state index in [2.05, 4.69) is 0 Å². The van der Waals surface area contributed by atoms with Crippen molar-refractivity contribution in [3.63, 3.8) is 0 Å². The van der Waals surface area contributed by atoms with E-state index in [-0.39, 0.29) is 19.0 Å². The lowest BCUT2D eigenvalue weighted by molar-refractivity contribution is -0.143. The van der Waals surface area contributed by atoms with Gasteiger partial charge in [-0.2, -0.15) is 0 Å². The molecule has 5 nitrogen and oxygen atoms in total. The molecule has 2 fully saturated rings. The van der Waals surface area contributed by atoms with Gasteiger partial charge < -0.3 is 15.3 Å². The van der Waals surface area contributed by atoms with Gasteiger partial charge in [0.25, 0.3) is 0 Å². The lowest BCUT2D eigenvalue weighted by Gasteiger charge is -2.23. The molecular formula is C9H15NO4. The second-order valence-electron chi connectivity index (χ2n) is 4.21. The van der Waals surface area contributed by atoms with E-state index >= 15 is 0 Å². The van der Waals surface area contributed by atoms with Crippen LogP contribution in [0.3, 0.4) is 0 Å². The molecule has 3 N–H and O–H groups in total. The molecule has 1 aliphatic heterocycles. The summed E-state index contributed by atoms with van der Waals surface area (Å²) >= 11 is 0. The maximum atomic E-state index is 11.0. The number of hydrogen-bond acceptors (Lipinski definition) is 4. The second-order valence-corrected chi connectivity index (χ2v) is 4.21. The highest BCUT2D eigenvalue weighted by Crippen LogP contribution is 2.36. The van der Waals surface area contributed by atoms with E-state index in [1.807, 2.05) is 0 Å². The van der Waals surface area contributed by atoms with Gasteiger partial charge in [-0.15, -0.1) is 0 Å². The van der Waals surface area contributed by atoms with Crippen molar-refractivity contribution in [2.75, 3.05) is 13.1 Å². The molecule has 5 heteroatoms. The Kier molecular flexibility index (Phi) is 2.47. The Labute approximate surface area is 82.0 Å². The minimum absolute atomic E-state index is 0.213. The summed E-state index contributed by atoms with van der Waals surface area (Å²) in [5.74, 6) is -0.626. The average molecular weight is 201 g/mol. The third-order valence-corrected chi connectivity index (χ3v) is 3.00. The first-order valence-corrected chi connectivity index (χ1v) is 4.92. The maximum absolute atomic E-state index is 11.0. The largest absolute Gasteiger partial charge is 0.480 e. The summed E-state index contributed by atoms with van der Waals surface area (Å²) in [6.45, 7) is 0.545. The van der Waals surface area contributed by atoms with E-state index < -0.39 is 24.2 Å². The highest BCUT2D eigenvalue weighted by atomic mass is 16.4. The molecule has 2 rings (SSSR count). The van der Waals surface area contributed by atoms with Crippen LogP contribution in [0.25, 0.3) is 0 Å². The van der Waals surface area contributed by atoms with Crippen LogP contribution < -0.4 is 0 Å². The van der Waals surface area contributed by atoms with Crippen LogP contribution in [0, 0.1) is 5.92 Å². The molecule has 0 aromatic rings. The zero-order valence-electron chi connectivity index (χ0n) is 7.83. The summed E-state index contributed by atoms with van der Waals surface area (Å²) in [5.41, 5.74) is 0. The number of nitrogens with zero attached hydrogens (tertiary/aromatic N) is 1. The molecule has 0 aromatic heterocycles. The zero-order chi connectivity index (χ0) is 10.3. The van der Waals surface area contributed by atoms with Crippen LogP contribution in [0.1, 0.15) is 12.8 Å². The molecule has 1 heterocycles. The van der Waals surface area contributed by atoms with Crippen LogP contribution in [0.15, 0.2) is 0 Å². The Morgan fingerprint density at radius 2 is 1.71 bits per heavy atom. The molecule has 14 heavy (non-hydrogen) atoms. The molecule has 80 valence electrons. The number of carboxylic acids is 1. The lowest BCUT2D eigenvalue weighted by atomic mass is 10.1. The van der Waals surface area contributed by atoms with Crippen LogP contribution in [0.5, 0.6) is 0 Å². The standard InChI is InChI=1S/C9H15NO4/c11-6-3-10(4-7(6)12)8(9(13)14)5-1-2-5/h5-8,11-12H,1-4H2,(H,13,14). The summed E-state index contributed by atoms with van der Waals surface area (Å²) < 4.78 is 0. The first-order valence-electron chi connectivity index (χ1n) is 4.92. The zero-order valence-corrected chi connectivity index (χ0v) is 7.83. The molecule has 0 amide bonds. The van der Waals surface area contributed by atoms with E-state index in [0.29, 0.717) is 0 Å². The number of rotatable bonds is 3. The van der Waals surface area contributed by atoms with Crippen molar-refractivity contribution >= 4 is 5.97 Å². The topological polar surface area (TPSA) is 81.0 Å². The number of β-amino-alcohol motifs (C(OH)–C–C–N with tert-alkyl or cyclic N) is 2. The van der Waals surface area contributed by atoms with E-state index in [4.69, 9.17) is 5.11 Å². The molecule has 2 aliphatic rings. The van der Waals surface area contributed by atoms with Gasteiger partial charge in [-0.25, -0.2) is 0 Å². The number of hydrogen-bond donors (Lipinski definition) is 3. The monoisotopic (exact) mass is 201 g/mol. The first-order chi connectivity index (χ1) is 6.59. The summed E-state index contributed by atoms with van der Waals surface area (Å²) in [7, 11) is 0. The first kappa shape index (κ1) is 9.89. The Balaban J connectivity index is 2.01. The normalized spacial score (nSPS) is 35.9. The fourth-order valence-corrected chi connectivity index (χ4v) is 2.09. The summed E-state index contributed by atoms with van der Waals surface area (Å²) in [6.07, 6.45) is 0.297. The van der Waals surface area contributed by atoms with Crippen molar-refractivity contribution in [2.24, 2.45) is 5.92 Å². The number of aliphatic carboxylic acids is 1. The van der Waals surface area contributed by atoms with E-state index in [0.717, 1.165) is 12.8 Å². The molecule has 0 radical (unpaired) electrons. The van der Waals surface area contributed by atoms with E-state index in [9.17, 15) is 15.0 Å². The fourth-order valence-electron chi connectivity index (χ4n) is 2.09. The third kappa shape index (κ3) is 1.75. The summed E-state index contributed by atoms with van der Waals surface area (Å²) in [4.78, 5) is 12.7. The predicted octanol–water partition coefficient (Wildman–Crippen LogP) is -1.11. The van der Waals surface area contributed by atoms with Gasteiger partial charge in [0, 0.05) is 13.1 Å². The molecule has 0 bridgehead atoms. The van der Waals surface area contributed by atoms with Crippen molar-refractivity contribution in [2.45, 2.75) is 31.1 Å². The summed E-state index contributed by atoms with van der Waals surface area (Å²) in [6, 6.07) is -0.512. The minimum Gasteiger partial charge on any atom is -0.480 e. The van der Waals surface area contributed by atoms with Gasteiger partial charge >= 0.3 is 5.97 Å². The third-order valence-electron chi connectivity index (χ3n) is 3.00. The quantitative estimate of drug-likeness (QED) is 0.539. The minimum atomic E-state index is -0.839. The highest BCUT2D eigenvalue weighted by molar-refractivity contribution is 5.74. The number of carbonyl (C=O) groups is 1. The molecular weight excluding hydrogens is 186 g/mol. The molecule has 1 saturated heterocycles. The molecule has 0 spiro atoms. The van der Waals surface area contributed by atoms with Crippen LogP contribution in [0.4, 0.5) is 0 Å².